The molecule has 0 bridgehead atoms. The molecule has 4 aromatic rings. The van der Waals surface area contributed by atoms with Crippen molar-refractivity contribution >= 4 is 34.1 Å². The minimum atomic E-state index is -0.117. The lowest BCUT2D eigenvalue weighted by molar-refractivity contribution is -0.776. The van der Waals surface area contributed by atoms with E-state index in [-0.39, 0.29) is 11.9 Å². The summed E-state index contributed by atoms with van der Waals surface area (Å²) < 4.78 is 3.10. The van der Waals surface area contributed by atoms with Gasteiger partial charge in [-0.3, -0.25) is 0 Å². The Morgan fingerprint density at radius 3 is 2.22 bits per heavy atom. The van der Waals surface area contributed by atoms with Crippen molar-refractivity contribution in [3.05, 3.63) is 88.4 Å². The molecule has 0 aliphatic rings. The van der Waals surface area contributed by atoms with Crippen LogP contribution in [0.5, 0.6) is 11.9 Å². The van der Waals surface area contributed by atoms with Crippen LogP contribution in [0.25, 0.3) is 16.6 Å². The zero-order valence-electron chi connectivity index (χ0n) is 14.2. The summed E-state index contributed by atoms with van der Waals surface area (Å²) in [5.74, 6) is -0.0623. The molecule has 0 radical (unpaired) electrons. The highest BCUT2D eigenvalue weighted by atomic mass is 35.5. The van der Waals surface area contributed by atoms with Crippen molar-refractivity contribution in [2.24, 2.45) is 0 Å². The molecule has 134 valence electrons. The van der Waals surface area contributed by atoms with Crippen molar-refractivity contribution in [2.45, 2.75) is 6.54 Å². The van der Waals surface area contributed by atoms with Crippen LogP contribution >= 0.6 is 23.2 Å². The van der Waals surface area contributed by atoms with E-state index >= 15 is 0 Å². The molecule has 4 nitrogen and oxygen atoms in total. The van der Waals surface area contributed by atoms with Crippen molar-refractivity contribution in [1.29, 1.82) is 0 Å². The molecule has 2 N–H and O–H groups in total. The van der Waals surface area contributed by atoms with Crippen LogP contribution in [0.1, 0.15) is 5.56 Å². The molecule has 0 aliphatic carbocycles. The number of fused-ring (bicyclic) bond motifs is 1. The van der Waals surface area contributed by atoms with Crippen LogP contribution in [0, 0.1) is 0 Å². The summed E-state index contributed by atoms with van der Waals surface area (Å²) in [6, 6.07) is 21.6. The monoisotopic (exact) mass is 398 g/mol. The molecule has 0 atom stereocenters. The number of aromatic hydroxyl groups is 2. The molecular formula is C21H16Cl2N2O2+2. The van der Waals surface area contributed by atoms with E-state index in [1.165, 1.54) is 4.57 Å². The Morgan fingerprint density at radius 2 is 1.48 bits per heavy atom. The van der Waals surface area contributed by atoms with Crippen molar-refractivity contribution in [1.82, 2.24) is 0 Å². The van der Waals surface area contributed by atoms with Gasteiger partial charge in [-0.1, -0.05) is 58.1 Å². The van der Waals surface area contributed by atoms with Crippen LogP contribution in [0.15, 0.2) is 72.8 Å². The second-order valence-corrected chi connectivity index (χ2v) is 7.04. The first-order chi connectivity index (χ1) is 13.0. The highest BCUT2D eigenvalue weighted by Crippen LogP contribution is 2.24. The average molecular weight is 399 g/mol. The Hall–Kier alpha value is -2.82. The lowest BCUT2D eigenvalue weighted by atomic mass is 10.2. The van der Waals surface area contributed by atoms with Gasteiger partial charge < -0.3 is 10.2 Å². The first-order valence-electron chi connectivity index (χ1n) is 8.33. The maximum Gasteiger partial charge on any atom is 0.638 e. The minimum Gasteiger partial charge on any atom is -0.459 e. The second kappa shape index (κ2) is 7.06. The lowest BCUT2D eigenvalue weighted by Gasteiger charge is -2.05. The molecule has 1 heterocycles. The van der Waals surface area contributed by atoms with Gasteiger partial charge in [0.15, 0.2) is 11.9 Å². The van der Waals surface area contributed by atoms with Gasteiger partial charge in [-0.2, -0.15) is 0 Å². The van der Waals surface area contributed by atoms with Crippen molar-refractivity contribution in [3.63, 3.8) is 0 Å². The minimum absolute atomic E-state index is 0.0623. The van der Waals surface area contributed by atoms with Gasteiger partial charge in [-0.05, 0) is 28.8 Å². The molecule has 0 spiro atoms. The first-order valence-corrected chi connectivity index (χ1v) is 9.09. The molecule has 6 heteroatoms. The third-order valence-electron chi connectivity index (χ3n) is 4.39. The summed E-state index contributed by atoms with van der Waals surface area (Å²) >= 11 is 12.2. The first kappa shape index (κ1) is 17.6. The molecule has 0 saturated heterocycles. The van der Waals surface area contributed by atoms with Crippen LogP contribution < -0.4 is 9.13 Å². The maximum absolute atomic E-state index is 11.0. The highest BCUT2D eigenvalue weighted by molar-refractivity contribution is 6.30. The van der Waals surface area contributed by atoms with Crippen molar-refractivity contribution < 1.29 is 19.3 Å². The largest absolute Gasteiger partial charge is 0.638 e. The van der Waals surface area contributed by atoms with Gasteiger partial charge in [0.05, 0.1) is 0 Å². The Kier molecular flexibility index (Phi) is 4.60. The van der Waals surface area contributed by atoms with Gasteiger partial charge in [-0.25, -0.2) is 0 Å². The number of rotatable bonds is 3. The SMILES string of the molecule is Oc1c2ccccc2[n+](Cc2cccc(Cl)c2)c(O)[n+]1-c1cccc(Cl)c1. The molecule has 0 saturated carbocycles. The summed E-state index contributed by atoms with van der Waals surface area (Å²) in [5.41, 5.74) is 2.19. The fourth-order valence-corrected chi connectivity index (χ4v) is 3.57. The quantitative estimate of drug-likeness (QED) is 0.508. The van der Waals surface area contributed by atoms with E-state index in [9.17, 15) is 10.2 Å². The molecule has 0 unspecified atom stereocenters. The standard InChI is InChI=1S/C21H14Cl2N2O2/c22-15-6-3-5-14(11-15)13-24-19-10-2-1-9-18(19)20(26)25(21(24)27)17-8-4-7-16(23)12-17/h1-12H,13H2/p+2. The smallest absolute Gasteiger partial charge is 0.459 e. The number of para-hydroxylation sites is 1. The van der Waals surface area contributed by atoms with E-state index in [0.29, 0.717) is 33.2 Å². The topological polar surface area (TPSA) is 48.2 Å². The maximum atomic E-state index is 11.0. The van der Waals surface area contributed by atoms with Crippen molar-refractivity contribution in [3.8, 4) is 17.6 Å². The predicted octanol–water partition coefficient (Wildman–Crippen LogP) is 4.17. The second-order valence-electron chi connectivity index (χ2n) is 6.17. The van der Waals surface area contributed by atoms with Gasteiger partial charge in [0.2, 0.25) is 11.2 Å². The summed E-state index contributed by atoms with van der Waals surface area (Å²) in [5, 5.41) is 23.6. The Morgan fingerprint density at radius 1 is 0.778 bits per heavy atom. The predicted molar refractivity (Wildman–Crippen MR) is 105 cm³/mol. The number of aromatic nitrogens is 2. The summed E-state index contributed by atoms with van der Waals surface area (Å²) in [7, 11) is 0. The lowest BCUT2D eigenvalue weighted by Crippen LogP contribution is -2.47. The molecule has 4 rings (SSSR count). The number of nitrogens with zero attached hydrogens (tertiary/aromatic N) is 2. The zero-order chi connectivity index (χ0) is 19.0. The molecule has 0 amide bonds. The van der Waals surface area contributed by atoms with Gasteiger partial charge in [0.1, 0.15) is 0 Å². The highest BCUT2D eigenvalue weighted by Gasteiger charge is 2.35. The van der Waals surface area contributed by atoms with Crippen LogP contribution in [-0.2, 0) is 6.54 Å². The normalized spacial score (nSPS) is 11.0. The molecular weight excluding hydrogens is 383 g/mol. The van der Waals surface area contributed by atoms with E-state index in [1.54, 1.807) is 41.0 Å². The van der Waals surface area contributed by atoms with Crippen molar-refractivity contribution in [2.75, 3.05) is 0 Å². The fraction of sp³-hybridized carbons (Fsp3) is 0.0476. The summed E-state index contributed by atoms with van der Waals surface area (Å²) in [6.07, 6.45) is 0. The van der Waals surface area contributed by atoms with E-state index in [2.05, 4.69) is 0 Å². The summed E-state index contributed by atoms with van der Waals surface area (Å²) in [6.45, 7) is 0.383. The van der Waals surface area contributed by atoms with E-state index in [4.69, 9.17) is 23.2 Å². The van der Waals surface area contributed by atoms with Gasteiger partial charge >= 0.3 is 11.9 Å². The Balaban J connectivity index is 2.00. The van der Waals surface area contributed by atoms with Crippen LogP contribution in [0.2, 0.25) is 10.0 Å². The van der Waals surface area contributed by atoms with Gasteiger partial charge in [-0.15, -0.1) is 0 Å². The van der Waals surface area contributed by atoms with E-state index in [1.807, 2.05) is 36.4 Å². The Bertz CT molecular complexity index is 1160. The van der Waals surface area contributed by atoms with Crippen LogP contribution in [-0.4, -0.2) is 10.2 Å². The number of benzene rings is 3. The van der Waals surface area contributed by atoms with Gasteiger partial charge in [0.25, 0.3) is 0 Å². The summed E-state index contributed by atoms with van der Waals surface area (Å²) in [4.78, 5) is 0. The number of halogens is 2. The molecule has 0 aliphatic heterocycles. The third-order valence-corrected chi connectivity index (χ3v) is 4.86. The third kappa shape index (κ3) is 3.29. The Labute approximate surface area is 166 Å². The van der Waals surface area contributed by atoms with Crippen LogP contribution in [0.3, 0.4) is 0 Å². The molecule has 3 aromatic carbocycles. The zero-order valence-corrected chi connectivity index (χ0v) is 15.7. The van der Waals surface area contributed by atoms with E-state index < -0.39 is 0 Å². The number of hydrogen-bond donors (Lipinski definition) is 2. The van der Waals surface area contributed by atoms with E-state index in [0.717, 1.165) is 5.56 Å². The fourth-order valence-electron chi connectivity index (χ4n) is 3.17. The number of hydrogen-bond acceptors (Lipinski definition) is 2. The molecule has 1 aromatic heterocycles. The van der Waals surface area contributed by atoms with Crippen LogP contribution in [0.4, 0.5) is 0 Å². The average Bonchev–Trinajstić information content (AvgIpc) is 2.65. The molecule has 27 heavy (non-hydrogen) atoms. The molecule has 0 fully saturated rings. The van der Waals surface area contributed by atoms with Gasteiger partial charge in [0, 0.05) is 33.8 Å².